The summed E-state index contributed by atoms with van der Waals surface area (Å²) in [4.78, 5) is 12.6. The van der Waals surface area contributed by atoms with Gasteiger partial charge >= 0.3 is 0 Å². The normalized spacial score (nSPS) is 49.3. The van der Waals surface area contributed by atoms with E-state index in [9.17, 15) is 15.0 Å². The molecule has 2 heterocycles. The van der Waals surface area contributed by atoms with Crippen LogP contribution in [0.2, 0.25) is 0 Å². The lowest BCUT2D eigenvalue weighted by Gasteiger charge is -2.40. The smallest absolute Gasteiger partial charge is 0.170 e. The summed E-state index contributed by atoms with van der Waals surface area (Å²) in [6.45, 7) is 7.18. The third-order valence-corrected chi connectivity index (χ3v) is 5.33. The van der Waals surface area contributed by atoms with Gasteiger partial charge in [-0.25, -0.2) is 0 Å². The summed E-state index contributed by atoms with van der Waals surface area (Å²) in [5, 5.41) is 20.7. The number of carbonyl (C=O) groups excluding carboxylic acids is 1. The maximum absolute atomic E-state index is 12.6. The third-order valence-electron chi connectivity index (χ3n) is 5.33. The molecule has 0 amide bonds. The fraction of sp³-hybridized carbons (Fsp3) is 0.800. The third kappa shape index (κ3) is 1.48. The average Bonchev–Trinajstić information content (AvgIpc) is 2.66. The van der Waals surface area contributed by atoms with Crippen LogP contribution in [0.5, 0.6) is 0 Å². The van der Waals surface area contributed by atoms with Crippen molar-refractivity contribution < 1.29 is 19.7 Å². The second-order valence-electron chi connectivity index (χ2n) is 6.99. The monoisotopic (exact) mass is 266 g/mol. The van der Waals surface area contributed by atoms with Crippen molar-refractivity contribution in [1.29, 1.82) is 0 Å². The van der Waals surface area contributed by atoms with Crippen molar-refractivity contribution in [2.24, 2.45) is 17.8 Å². The topological polar surface area (TPSA) is 66.8 Å². The molecule has 2 bridgehead atoms. The van der Waals surface area contributed by atoms with E-state index in [2.05, 4.69) is 6.92 Å². The van der Waals surface area contributed by atoms with Gasteiger partial charge in [-0.15, -0.1) is 0 Å². The average molecular weight is 266 g/mol. The molecule has 106 valence electrons. The zero-order valence-corrected chi connectivity index (χ0v) is 11.9. The minimum atomic E-state index is -1.19. The van der Waals surface area contributed by atoms with Crippen LogP contribution in [-0.2, 0) is 9.53 Å². The Balaban J connectivity index is 2.14. The van der Waals surface area contributed by atoms with E-state index in [-0.39, 0.29) is 23.5 Å². The van der Waals surface area contributed by atoms with Gasteiger partial charge in [0.25, 0.3) is 0 Å². The largest absolute Gasteiger partial charge is 0.386 e. The SMILES string of the molecule is CC1C2C(=O)C(C(C)(C)O)=CC23OC1(O)CCC3C. The van der Waals surface area contributed by atoms with Crippen molar-refractivity contribution in [3.05, 3.63) is 11.6 Å². The molecule has 5 atom stereocenters. The number of rotatable bonds is 1. The lowest BCUT2D eigenvalue weighted by molar-refractivity contribution is -0.261. The molecule has 2 N–H and O–H groups in total. The van der Waals surface area contributed by atoms with Gasteiger partial charge in [0.1, 0.15) is 5.60 Å². The Bertz CT molecular complexity index is 475. The van der Waals surface area contributed by atoms with Crippen molar-refractivity contribution in [2.45, 2.75) is 57.5 Å². The summed E-state index contributed by atoms with van der Waals surface area (Å²) in [6.07, 6.45) is 3.20. The van der Waals surface area contributed by atoms with Gasteiger partial charge in [-0.3, -0.25) is 4.79 Å². The molecule has 2 fully saturated rings. The summed E-state index contributed by atoms with van der Waals surface area (Å²) in [6, 6.07) is 0. The quantitative estimate of drug-likeness (QED) is 0.753. The summed E-state index contributed by atoms with van der Waals surface area (Å²) in [5.74, 6) is -1.68. The zero-order chi connectivity index (χ0) is 14.2. The molecular formula is C15H22O4. The predicted octanol–water partition coefficient (Wildman–Crippen LogP) is 1.41. The fourth-order valence-corrected chi connectivity index (χ4v) is 4.08. The molecule has 2 aliphatic heterocycles. The molecule has 1 spiro atoms. The second kappa shape index (κ2) is 3.48. The molecule has 3 rings (SSSR count). The highest BCUT2D eigenvalue weighted by atomic mass is 16.6. The lowest BCUT2D eigenvalue weighted by atomic mass is 9.76. The van der Waals surface area contributed by atoms with Crippen LogP contribution in [0.15, 0.2) is 11.6 Å². The van der Waals surface area contributed by atoms with Crippen LogP contribution in [-0.4, -0.2) is 33.0 Å². The minimum absolute atomic E-state index is 0.0651. The highest BCUT2D eigenvalue weighted by Crippen LogP contribution is 2.60. The minimum Gasteiger partial charge on any atom is -0.386 e. The van der Waals surface area contributed by atoms with E-state index in [4.69, 9.17) is 4.74 Å². The lowest BCUT2D eigenvalue weighted by Crippen LogP contribution is -2.46. The summed E-state index contributed by atoms with van der Waals surface area (Å²) >= 11 is 0. The maximum atomic E-state index is 12.6. The first-order valence-electron chi connectivity index (χ1n) is 7.04. The van der Waals surface area contributed by atoms with Gasteiger partial charge in [-0.1, -0.05) is 13.8 Å². The summed E-state index contributed by atoms with van der Waals surface area (Å²) < 4.78 is 5.96. The summed E-state index contributed by atoms with van der Waals surface area (Å²) in [5.41, 5.74) is -1.45. The van der Waals surface area contributed by atoms with Crippen LogP contribution < -0.4 is 0 Å². The van der Waals surface area contributed by atoms with E-state index in [1.54, 1.807) is 19.9 Å². The number of hydrogen-bond donors (Lipinski definition) is 2. The van der Waals surface area contributed by atoms with Crippen LogP contribution in [0, 0.1) is 17.8 Å². The highest BCUT2D eigenvalue weighted by molar-refractivity contribution is 6.03. The first-order chi connectivity index (χ1) is 8.62. The number of fused-ring (bicyclic) bond motifs is 1. The molecule has 0 aromatic carbocycles. The number of ether oxygens (including phenoxy) is 1. The van der Waals surface area contributed by atoms with E-state index in [1.807, 2.05) is 6.92 Å². The zero-order valence-electron chi connectivity index (χ0n) is 11.9. The Hall–Kier alpha value is -0.710. The van der Waals surface area contributed by atoms with Crippen molar-refractivity contribution in [2.75, 3.05) is 0 Å². The number of carbonyl (C=O) groups is 1. The second-order valence-corrected chi connectivity index (χ2v) is 6.99. The first kappa shape index (κ1) is 13.3. The van der Waals surface area contributed by atoms with E-state index >= 15 is 0 Å². The molecule has 3 aliphatic rings. The molecule has 0 radical (unpaired) electrons. The maximum Gasteiger partial charge on any atom is 0.170 e. The Kier molecular flexibility index (Phi) is 2.44. The van der Waals surface area contributed by atoms with E-state index in [1.165, 1.54) is 0 Å². The Morgan fingerprint density at radius 2 is 2.05 bits per heavy atom. The van der Waals surface area contributed by atoms with Gasteiger partial charge in [-0.2, -0.15) is 0 Å². The van der Waals surface area contributed by atoms with Gasteiger partial charge in [0.05, 0.1) is 11.5 Å². The van der Waals surface area contributed by atoms with Crippen molar-refractivity contribution in [3.63, 3.8) is 0 Å². The molecule has 2 saturated heterocycles. The Morgan fingerprint density at radius 1 is 1.42 bits per heavy atom. The molecule has 0 aromatic heterocycles. The molecule has 4 heteroatoms. The molecule has 4 nitrogen and oxygen atoms in total. The van der Waals surface area contributed by atoms with Crippen molar-refractivity contribution >= 4 is 5.78 Å². The van der Waals surface area contributed by atoms with E-state index < -0.39 is 17.0 Å². The molecule has 1 aliphatic carbocycles. The Morgan fingerprint density at radius 3 is 2.63 bits per heavy atom. The van der Waals surface area contributed by atoms with Gasteiger partial charge < -0.3 is 14.9 Å². The van der Waals surface area contributed by atoms with Crippen molar-refractivity contribution in [1.82, 2.24) is 0 Å². The summed E-state index contributed by atoms with van der Waals surface area (Å²) in [7, 11) is 0. The number of aliphatic hydroxyl groups is 2. The number of Topliss-reactive ketones (excluding diaryl/α,β-unsaturated/α-hetero) is 1. The van der Waals surface area contributed by atoms with Gasteiger partial charge in [0.2, 0.25) is 0 Å². The van der Waals surface area contributed by atoms with Crippen LogP contribution in [0.3, 0.4) is 0 Å². The first-order valence-corrected chi connectivity index (χ1v) is 7.04. The Labute approximate surface area is 113 Å². The molecular weight excluding hydrogens is 244 g/mol. The van der Waals surface area contributed by atoms with Gasteiger partial charge in [0, 0.05) is 17.9 Å². The standard InChI is InChI=1S/C15H22O4/c1-8-5-6-15(18)9(2)11-12(16)10(13(3,4)17)7-14(8,11)19-15/h7-9,11,17-18H,5-6H2,1-4H3. The van der Waals surface area contributed by atoms with Crippen LogP contribution in [0.1, 0.15) is 40.5 Å². The highest BCUT2D eigenvalue weighted by Gasteiger charge is 2.69. The predicted molar refractivity (Wildman–Crippen MR) is 69.2 cm³/mol. The number of hydrogen-bond acceptors (Lipinski definition) is 4. The van der Waals surface area contributed by atoms with Crippen molar-refractivity contribution in [3.8, 4) is 0 Å². The molecule has 19 heavy (non-hydrogen) atoms. The van der Waals surface area contributed by atoms with Crippen LogP contribution in [0.25, 0.3) is 0 Å². The van der Waals surface area contributed by atoms with Gasteiger partial charge in [0.15, 0.2) is 11.6 Å². The number of ketones is 1. The van der Waals surface area contributed by atoms with E-state index in [0.717, 1.165) is 6.42 Å². The molecule has 5 unspecified atom stereocenters. The molecule has 0 saturated carbocycles. The van der Waals surface area contributed by atoms with Gasteiger partial charge in [-0.05, 0) is 32.3 Å². The molecule has 0 aromatic rings. The van der Waals surface area contributed by atoms with Crippen LogP contribution in [0.4, 0.5) is 0 Å². The fourth-order valence-electron chi connectivity index (χ4n) is 4.08. The van der Waals surface area contributed by atoms with E-state index in [0.29, 0.717) is 12.0 Å². The van der Waals surface area contributed by atoms with Crippen LogP contribution >= 0.6 is 0 Å².